The summed E-state index contributed by atoms with van der Waals surface area (Å²) in [5, 5.41) is 4.51. The lowest BCUT2D eigenvalue weighted by molar-refractivity contribution is -0.179. The number of nitrogens with two attached hydrogens (primary N) is 2. The second-order valence-electron chi connectivity index (χ2n) is 7.39. The molecule has 0 amide bonds. The molecule has 2 aromatic heterocycles. The molecule has 140 valence electrons. The Morgan fingerprint density at radius 1 is 1.04 bits per heavy atom. The molecular weight excluding hydrogens is 342 g/mol. The second-order valence-corrected chi connectivity index (χ2v) is 7.39. The highest BCUT2D eigenvalue weighted by atomic mass is 16.7. The molecule has 3 aromatic rings. The number of hydrogen-bond donors (Lipinski definition) is 2. The average Bonchev–Trinajstić information content (AvgIpc) is 3.29. The predicted octanol–water partition coefficient (Wildman–Crippen LogP) is 2.96. The lowest BCUT2D eigenvalue weighted by atomic mass is 9.83. The van der Waals surface area contributed by atoms with Gasteiger partial charge in [0, 0.05) is 35.7 Å². The Labute approximate surface area is 157 Å². The lowest BCUT2D eigenvalue weighted by Crippen LogP contribution is -2.34. The number of rotatable bonds is 2. The average molecular weight is 365 g/mol. The maximum atomic E-state index is 6.22. The molecule has 0 radical (unpaired) electrons. The first-order chi connectivity index (χ1) is 13.2. The van der Waals surface area contributed by atoms with Crippen LogP contribution in [-0.4, -0.2) is 33.6 Å². The van der Waals surface area contributed by atoms with Crippen LogP contribution in [0.2, 0.25) is 0 Å². The van der Waals surface area contributed by atoms with Crippen molar-refractivity contribution in [2.24, 2.45) is 0 Å². The van der Waals surface area contributed by atoms with E-state index in [4.69, 9.17) is 20.9 Å². The van der Waals surface area contributed by atoms with Crippen molar-refractivity contribution in [2.75, 3.05) is 24.7 Å². The maximum absolute atomic E-state index is 6.22. The molecule has 27 heavy (non-hydrogen) atoms. The number of fused-ring (bicyclic) bond motifs is 1. The lowest BCUT2D eigenvalue weighted by Gasteiger charge is -2.35. The van der Waals surface area contributed by atoms with Crippen LogP contribution in [0.4, 0.5) is 11.5 Å². The van der Waals surface area contributed by atoms with Gasteiger partial charge in [0.15, 0.2) is 11.6 Å². The molecule has 1 saturated heterocycles. The van der Waals surface area contributed by atoms with E-state index in [0.29, 0.717) is 24.9 Å². The molecule has 0 bridgehead atoms. The van der Waals surface area contributed by atoms with E-state index in [-0.39, 0.29) is 5.79 Å². The van der Waals surface area contributed by atoms with Gasteiger partial charge >= 0.3 is 0 Å². The highest BCUT2D eigenvalue weighted by molar-refractivity contribution is 5.88. The van der Waals surface area contributed by atoms with Gasteiger partial charge in [-0.3, -0.25) is 0 Å². The molecule has 7 nitrogen and oxygen atoms in total. The summed E-state index contributed by atoms with van der Waals surface area (Å²) in [5.41, 5.74) is 16.9. The van der Waals surface area contributed by atoms with Crippen LogP contribution in [0.1, 0.15) is 37.3 Å². The van der Waals surface area contributed by atoms with Gasteiger partial charge in [-0.15, -0.1) is 0 Å². The van der Waals surface area contributed by atoms with Crippen molar-refractivity contribution in [1.82, 2.24) is 14.6 Å². The first-order valence-electron chi connectivity index (χ1n) is 9.41. The van der Waals surface area contributed by atoms with Crippen molar-refractivity contribution in [3.63, 3.8) is 0 Å². The zero-order valence-corrected chi connectivity index (χ0v) is 15.1. The van der Waals surface area contributed by atoms with Crippen LogP contribution in [0.3, 0.4) is 0 Å². The van der Waals surface area contributed by atoms with Crippen LogP contribution in [0.5, 0.6) is 0 Å². The normalized spacial score (nSPS) is 19.9. The van der Waals surface area contributed by atoms with Crippen LogP contribution in [0.15, 0.2) is 36.7 Å². The molecule has 1 aliphatic carbocycles. The van der Waals surface area contributed by atoms with Crippen molar-refractivity contribution in [3.05, 3.63) is 42.4 Å². The Morgan fingerprint density at radius 3 is 2.44 bits per heavy atom. The first kappa shape index (κ1) is 16.5. The molecule has 7 heteroatoms. The van der Waals surface area contributed by atoms with Crippen LogP contribution in [-0.2, 0) is 9.47 Å². The molecular formula is C20H23N5O2. The molecule has 1 spiro atoms. The second kappa shape index (κ2) is 6.21. The van der Waals surface area contributed by atoms with E-state index in [0.717, 1.165) is 48.0 Å². The van der Waals surface area contributed by atoms with Crippen LogP contribution < -0.4 is 11.5 Å². The summed E-state index contributed by atoms with van der Waals surface area (Å²) < 4.78 is 13.7. The molecule has 3 heterocycles. The summed E-state index contributed by atoms with van der Waals surface area (Å²) in [6.45, 7) is 1.40. The Morgan fingerprint density at radius 2 is 1.74 bits per heavy atom. The summed E-state index contributed by atoms with van der Waals surface area (Å²) in [6, 6.07) is 10.0. The van der Waals surface area contributed by atoms with Gasteiger partial charge in [0.25, 0.3) is 0 Å². The summed E-state index contributed by atoms with van der Waals surface area (Å²) >= 11 is 0. The third-order valence-corrected chi connectivity index (χ3v) is 5.81. The quantitative estimate of drug-likeness (QED) is 0.677. The minimum absolute atomic E-state index is 0.364. The number of benzene rings is 1. The molecule has 1 saturated carbocycles. The van der Waals surface area contributed by atoms with Gasteiger partial charge in [-0.25, -0.2) is 9.50 Å². The Bertz CT molecular complexity index is 966. The predicted molar refractivity (Wildman–Crippen MR) is 103 cm³/mol. The van der Waals surface area contributed by atoms with Gasteiger partial charge in [0.1, 0.15) is 11.8 Å². The van der Waals surface area contributed by atoms with Gasteiger partial charge in [-0.2, -0.15) is 5.10 Å². The van der Waals surface area contributed by atoms with Gasteiger partial charge in [0.2, 0.25) is 0 Å². The van der Waals surface area contributed by atoms with Crippen molar-refractivity contribution < 1.29 is 9.47 Å². The van der Waals surface area contributed by atoms with Gasteiger partial charge in [-0.05, 0) is 36.6 Å². The fourth-order valence-electron chi connectivity index (χ4n) is 4.40. The van der Waals surface area contributed by atoms with Crippen LogP contribution >= 0.6 is 0 Å². The molecule has 1 aromatic carbocycles. The molecule has 4 N–H and O–H groups in total. The SMILES string of the molecule is Nc1ccc(-c2cc(C3CCC4(CC3)OCCO4)n3ncnc(N)c23)cc1. The largest absolute Gasteiger partial charge is 0.399 e. The molecule has 0 unspecified atom stereocenters. The van der Waals surface area contributed by atoms with Crippen molar-refractivity contribution in [3.8, 4) is 11.1 Å². The van der Waals surface area contributed by atoms with Gasteiger partial charge in [0.05, 0.1) is 13.2 Å². The molecule has 2 aliphatic rings. The highest BCUT2D eigenvalue weighted by Crippen LogP contribution is 2.44. The van der Waals surface area contributed by atoms with Crippen LogP contribution in [0, 0.1) is 0 Å². The first-order valence-corrected chi connectivity index (χ1v) is 9.41. The van der Waals surface area contributed by atoms with Crippen molar-refractivity contribution in [1.29, 1.82) is 0 Å². The van der Waals surface area contributed by atoms with E-state index in [1.165, 1.54) is 12.0 Å². The molecule has 2 fully saturated rings. The number of hydrogen-bond acceptors (Lipinski definition) is 6. The standard InChI is InChI=1S/C20H23N5O2/c21-15-3-1-13(2-4-15)16-11-17(25-18(16)19(22)23-12-24-25)14-5-7-20(8-6-14)26-9-10-27-20/h1-4,11-12,14H,5-10,21H2,(H2,22,23,24). The smallest absolute Gasteiger partial charge is 0.168 e. The number of nitrogens with zero attached hydrogens (tertiary/aromatic N) is 3. The summed E-state index contributed by atoms with van der Waals surface area (Å²) in [5.74, 6) is 0.503. The summed E-state index contributed by atoms with van der Waals surface area (Å²) in [4.78, 5) is 4.21. The zero-order valence-electron chi connectivity index (χ0n) is 15.1. The van der Waals surface area contributed by atoms with E-state index < -0.39 is 0 Å². The Hall–Kier alpha value is -2.64. The molecule has 0 atom stereocenters. The number of anilines is 2. The highest BCUT2D eigenvalue weighted by Gasteiger charge is 2.41. The number of aromatic nitrogens is 3. The van der Waals surface area contributed by atoms with Gasteiger partial charge < -0.3 is 20.9 Å². The van der Waals surface area contributed by atoms with Gasteiger partial charge in [-0.1, -0.05) is 12.1 Å². The summed E-state index contributed by atoms with van der Waals surface area (Å²) in [7, 11) is 0. The van der Waals surface area contributed by atoms with Crippen molar-refractivity contribution >= 4 is 17.0 Å². The van der Waals surface area contributed by atoms with E-state index in [9.17, 15) is 0 Å². The minimum atomic E-state index is -0.364. The van der Waals surface area contributed by atoms with E-state index >= 15 is 0 Å². The Kier molecular flexibility index (Phi) is 3.80. The minimum Gasteiger partial charge on any atom is -0.399 e. The number of nitrogen functional groups attached to an aromatic ring is 2. The maximum Gasteiger partial charge on any atom is 0.168 e. The summed E-state index contributed by atoms with van der Waals surface area (Å²) in [6.07, 6.45) is 5.33. The van der Waals surface area contributed by atoms with Crippen molar-refractivity contribution in [2.45, 2.75) is 37.4 Å². The monoisotopic (exact) mass is 365 g/mol. The zero-order chi connectivity index (χ0) is 18.4. The third kappa shape index (κ3) is 2.74. The van der Waals surface area contributed by atoms with Crippen LogP contribution in [0.25, 0.3) is 16.6 Å². The fraction of sp³-hybridized carbons (Fsp3) is 0.400. The fourth-order valence-corrected chi connectivity index (χ4v) is 4.40. The third-order valence-electron chi connectivity index (χ3n) is 5.81. The molecule has 5 rings (SSSR count). The van der Waals surface area contributed by atoms with E-state index in [1.54, 1.807) is 0 Å². The Balaban J connectivity index is 1.55. The van der Waals surface area contributed by atoms with E-state index in [2.05, 4.69) is 16.1 Å². The van der Waals surface area contributed by atoms with E-state index in [1.807, 2.05) is 28.8 Å². The molecule has 1 aliphatic heterocycles. The topological polar surface area (TPSA) is 101 Å². The number of ether oxygens (including phenoxy) is 2.